The number of methoxy groups -OCH3 is 1. The van der Waals surface area contributed by atoms with Crippen LogP contribution in [0.5, 0.6) is 5.75 Å². The average Bonchev–Trinajstić information content (AvgIpc) is 2.85. The van der Waals surface area contributed by atoms with E-state index < -0.39 is 0 Å². The largest absolute Gasteiger partial charge is 0.496 e. The highest BCUT2D eigenvalue weighted by molar-refractivity contribution is 9.10. The molecule has 1 atom stereocenters. The highest BCUT2D eigenvalue weighted by atomic mass is 79.9. The van der Waals surface area contributed by atoms with E-state index in [4.69, 9.17) is 4.74 Å². The molecule has 1 unspecified atom stereocenters. The summed E-state index contributed by atoms with van der Waals surface area (Å²) in [6.07, 6.45) is 1.12. The van der Waals surface area contributed by atoms with Crippen molar-refractivity contribution in [3.63, 3.8) is 0 Å². The van der Waals surface area contributed by atoms with E-state index in [2.05, 4.69) is 65.6 Å². The van der Waals surface area contributed by atoms with E-state index >= 15 is 0 Å². The Bertz CT molecular complexity index is 586. The number of rotatable bonds is 6. The van der Waals surface area contributed by atoms with Gasteiger partial charge >= 0.3 is 0 Å². The maximum atomic E-state index is 5.48. The Labute approximate surface area is 139 Å². The Morgan fingerprint density at radius 3 is 2.43 bits per heavy atom. The van der Waals surface area contributed by atoms with Crippen molar-refractivity contribution in [2.24, 2.45) is 0 Å². The van der Waals surface area contributed by atoms with Gasteiger partial charge in [0.2, 0.25) is 0 Å². The molecule has 0 aliphatic carbocycles. The van der Waals surface area contributed by atoms with E-state index in [0.717, 1.165) is 18.7 Å². The fourth-order valence-corrected chi connectivity index (χ4v) is 4.34. The zero-order chi connectivity index (χ0) is 15.4. The van der Waals surface area contributed by atoms with Crippen molar-refractivity contribution in [1.29, 1.82) is 0 Å². The van der Waals surface area contributed by atoms with E-state index in [-0.39, 0.29) is 6.04 Å². The van der Waals surface area contributed by atoms with Gasteiger partial charge in [-0.3, -0.25) is 0 Å². The monoisotopic (exact) mass is 367 g/mol. The van der Waals surface area contributed by atoms with Crippen LogP contribution in [0.1, 0.15) is 41.0 Å². The van der Waals surface area contributed by atoms with Gasteiger partial charge in [0.05, 0.1) is 13.2 Å². The first kappa shape index (κ1) is 16.5. The fraction of sp³-hybridized carbons (Fsp3) is 0.412. The topological polar surface area (TPSA) is 21.3 Å². The number of benzene rings is 1. The van der Waals surface area contributed by atoms with Crippen LogP contribution >= 0.6 is 27.3 Å². The smallest absolute Gasteiger partial charge is 0.124 e. The van der Waals surface area contributed by atoms with E-state index in [1.807, 2.05) is 0 Å². The third kappa shape index (κ3) is 3.68. The molecule has 2 aromatic rings. The van der Waals surface area contributed by atoms with Crippen molar-refractivity contribution in [1.82, 2.24) is 5.32 Å². The molecule has 1 aromatic heterocycles. The Kier molecular flexibility index (Phi) is 5.85. The summed E-state index contributed by atoms with van der Waals surface area (Å²) in [7, 11) is 1.73. The molecule has 0 aliphatic heterocycles. The molecule has 114 valence electrons. The molecule has 2 rings (SSSR count). The molecule has 0 aliphatic rings. The Hall–Kier alpha value is -0.840. The molecule has 0 amide bonds. The molecule has 0 fully saturated rings. The Morgan fingerprint density at radius 1 is 1.29 bits per heavy atom. The molecule has 4 heteroatoms. The van der Waals surface area contributed by atoms with Gasteiger partial charge in [-0.15, -0.1) is 11.3 Å². The molecular formula is C17H22BrNOS. The van der Waals surface area contributed by atoms with Gasteiger partial charge in [-0.1, -0.05) is 19.1 Å². The van der Waals surface area contributed by atoms with Crippen molar-refractivity contribution >= 4 is 27.3 Å². The first-order valence-corrected chi connectivity index (χ1v) is 8.87. The first-order chi connectivity index (χ1) is 10.1. The van der Waals surface area contributed by atoms with Crippen molar-refractivity contribution in [3.8, 4) is 5.75 Å². The lowest BCUT2D eigenvalue weighted by Gasteiger charge is -2.21. The number of halogens is 1. The minimum Gasteiger partial charge on any atom is -0.496 e. The van der Waals surface area contributed by atoms with Crippen LogP contribution in [-0.4, -0.2) is 13.7 Å². The summed E-state index contributed by atoms with van der Waals surface area (Å²) < 4.78 is 6.65. The van der Waals surface area contributed by atoms with E-state index in [0.29, 0.717) is 0 Å². The predicted octanol–water partition coefficient (Wildman–Crippen LogP) is 5.23. The second kappa shape index (κ2) is 7.43. The minimum atomic E-state index is 0.225. The van der Waals surface area contributed by atoms with Gasteiger partial charge in [0.1, 0.15) is 5.75 Å². The van der Waals surface area contributed by atoms with Gasteiger partial charge in [-0.05, 0) is 70.9 Å². The third-order valence-electron chi connectivity index (χ3n) is 3.53. The van der Waals surface area contributed by atoms with Crippen LogP contribution in [0.3, 0.4) is 0 Å². The number of hydrogen-bond donors (Lipinski definition) is 1. The van der Waals surface area contributed by atoms with Gasteiger partial charge in [0.15, 0.2) is 0 Å². The number of aryl methyl sites for hydroxylation is 2. The quantitative estimate of drug-likeness (QED) is 0.754. The summed E-state index contributed by atoms with van der Waals surface area (Å²) in [5.74, 6) is 0.984. The normalized spacial score (nSPS) is 12.4. The maximum absolute atomic E-state index is 5.48. The van der Waals surface area contributed by atoms with Crippen molar-refractivity contribution in [3.05, 3.63) is 49.6 Å². The predicted molar refractivity (Wildman–Crippen MR) is 94.6 cm³/mol. The first-order valence-electron chi connectivity index (χ1n) is 7.19. The van der Waals surface area contributed by atoms with Crippen molar-refractivity contribution < 1.29 is 4.74 Å². The number of ether oxygens (including phenoxy) is 1. The number of nitrogens with one attached hydrogen (secondary N) is 1. The highest BCUT2D eigenvalue weighted by Gasteiger charge is 2.19. The number of thiophene rings is 1. The van der Waals surface area contributed by atoms with Gasteiger partial charge in [-0.25, -0.2) is 0 Å². The summed E-state index contributed by atoms with van der Waals surface area (Å²) in [6, 6.07) is 6.79. The summed E-state index contributed by atoms with van der Waals surface area (Å²) >= 11 is 5.45. The van der Waals surface area contributed by atoms with E-state index in [1.54, 1.807) is 18.4 Å². The second-order valence-corrected chi connectivity index (χ2v) is 7.01. The summed E-state index contributed by atoms with van der Waals surface area (Å²) in [5, 5.41) is 5.79. The molecule has 0 spiro atoms. The fourth-order valence-electron chi connectivity index (χ4n) is 2.63. The Balaban J connectivity index is 2.44. The Morgan fingerprint density at radius 2 is 1.95 bits per heavy atom. The molecule has 21 heavy (non-hydrogen) atoms. The van der Waals surface area contributed by atoms with Crippen molar-refractivity contribution in [2.45, 2.75) is 33.2 Å². The van der Waals surface area contributed by atoms with Crippen LogP contribution in [0, 0.1) is 13.8 Å². The molecule has 0 saturated carbocycles. The molecule has 2 nitrogen and oxygen atoms in total. The lowest BCUT2D eigenvalue weighted by molar-refractivity contribution is 0.408. The standard InChI is InChI=1S/C17H22BrNOS/c1-5-7-19-15(17-14(18)6-8-21-17)13-9-11(2)16(20-4)12(3)10-13/h6,8-10,15,19H,5,7H2,1-4H3. The van der Waals surface area contributed by atoms with Crippen LogP contribution in [0.15, 0.2) is 28.1 Å². The summed E-state index contributed by atoms with van der Waals surface area (Å²) in [4.78, 5) is 1.33. The maximum Gasteiger partial charge on any atom is 0.124 e. The molecular weight excluding hydrogens is 346 g/mol. The van der Waals surface area contributed by atoms with E-state index in [1.165, 1.54) is 26.0 Å². The van der Waals surface area contributed by atoms with Crippen molar-refractivity contribution in [2.75, 3.05) is 13.7 Å². The van der Waals surface area contributed by atoms with E-state index in [9.17, 15) is 0 Å². The van der Waals surface area contributed by atoms with Gasteiger partial charge in [0, 0.05) is 9.35 Å². The molecule has 0 radical (unpaired) electrons. The molecule has 1 heterocycles. The van der Waals surface area contributed by atoms with Crippen LogP contribution in [0.2, 0.25) is 0 Å². The lowest BCUT2D eigenvalue weighted by atomic mass is 9.99. The SMILES string of the molecule is CCCNC(c1cc(C)c(OC)c(C)c1)c1sccc1Br. The van der Waals surface area contributed by atoms with Gasteiger partial charge in [-0.2, -0.15) is 0 Å². The minimum absolute atomic E-state index is 0.225. The summed E-state index contributed by atoms with van der Waals surface area (Å²) in [5.41, 5.74) is 3.66. The van der Waals surface area contributed by atoms with Gasteiger partial charge in [0.25, 0.3) is 0 Å². The van der Waals surface area contributed by atoms with Crippen LogP contribution in [0.25, 0.3) is 0 Å². The number of hydrogen-bond acceptors (Lipinski definition) is 3. The second-order valence-electron chi connectivity index (χ2n) is 5.21. The zero-order valence-corrected chi connectivity index (χ0v) is 15.4. The molecule has 0 saturated heterocycles. The molecule has 0 bridgehead atoms. The molecule has 1 aromatic carbocycles. The third-order valence-corrected chi connectivity index (χ3v) is 5.46. The average molecular weight is 368 g/mol. The zero-order valence-electron chi connectivity index (χ0n) is 13.0. The van der Waals surface area contributed by atoms with Crippen LogP contribution in [-0.2, 0) is 0 Å². The van der Waals surface area contributed by atoms with Gasteiger partial charge < -0.3 is 10.1 Å². The van der Waals surface area contributed by atoms with Crippen LogP contribution < -0.4 is 10.1 Å². The highest BCUT2D eigenvalue weighted by Crippen LogP contribution is 2.35. The molecule has 1 N–H and O–H groups in total. The lowest BCUT2D eigenvalue weighted by Crippen LogP contribution is -2.23. The van der Waals surface area contributed by atoms with Crippen LogP contribution in [0.4, 0.5) is 0 Å². The summed E-state index contributed by atoms with van der Waals surface area (Å²) in [6.45, 7) is 7.41.